The number of rotatable bonds is 10. The van der Waals surface area contributed by atoms with Crippen LogP contribution in [0.25, 0.3) is 11.4 Å². The van der Waals surface area contributed by atoms with Crippen LogP contribution in [-0.4, -0.2) is 37.4 Å². The first-order valence-corrected chi connectivity index (χ1v) is 10.0. The number of hydrogen-bond donors (Lipinski definition) is 1. The van der Waals surface area contributed by atoms with Crippen LogP contribution in [-0.2, 0) is 11.2 Å². The first kappa shape index (κ1) is 22.1. The number of carbonyl (C=O) groups excluding carboxylic acids is 1. The van der Waals surface area contributed by atoms with Gasteiger partial charge in [-0.25, -0.2) is 0 Å². The van der Waals surface area contributed by atoms with Crippen LogP contribution in [0.5, 0.6) is 17.2 Å². The third-order valence-electron chi connectivity index (χ3n) is 4.90. The molecule has 8 nitrogen and oxygen atoms in total. The molecule has 1 N–H and O–H groups in total. The highest BCUT2D eigenvalue weighted by atomic mass is 16.5. The second-order valence-corrected chi connectivity index (χ2v) is 6.99. The van der Waals surface area contributed by atoms with Gasteiger partial charge in [0.25, 0.3) is 0 Å². The van der Waals surface area contributed by atoms with Gasteiger partial charge in [0.05, 0.1) is 27.4 Å². The number of amides is 1. The molecule has 1 aromatic heterocycles. The monoisotopic (exact) mass is 425 g/mol. The molecule has 0 spiro atoms. The zero-order chi connectivity index (χ0) is 22.2. The van der Waals surface area contributed by atoms with Gasteiger partial charge in [-0.15, -0.1) is 0 Å². The molecule has 0 aliphatic rings. The number of hydrogen-bond acceptors (Lipinski definition) is 7. The van der Waals surface area contributed by atoms with E-state index in [4.69, 9.17) is 18.7 Å². The highest BCUT2D eigenvalue weighted by molar-refractivity contribution is 5.76. The summed E-state index contributed by atoms with van der Waals surface area (Å²) in [4.78, 5) is 16.8. The number of aryl methyl sites for hydroxylation is 1. The number of ether oxygens (including phenoxy) is 3. The Hall–Kier alpha value is -3.55. The molecule has 1 unspecified atom stereocenters. The highest BCUT2D eigenvalue weighted by Gasteiger charge is 2.15. The molecule has 0 saturated carbocycles. The van der Waals surface area contributed by atoms with Crippen molar-refractivity contribution >= 4 is 5.91 Å². The van der Waals surface area contributed by atoms with Gasteiger partial charge in [0.1, 0.15) is 17.2 Å². The number of benzene rings is 2. The van der Waals surface area contributed by atoms with Crippen molar-refractivity contribution in [1.82, 2.24) is 15.5 Å². The summed E-state index contributed by atoms with van der Waals surface area (Å²) in [5, 5.41) is 7.01. The van der Waals surface area contributed by atoms with Gasteiger partial charge >= 0.3 is 0 Å². The van der Waals surface area contributed by atoms with E-state index in [1.54, 1.807) is 27.4 Å². The molecule has 1 heterocycles. The van der Waals surface area contributed by atoms with Crippen molar-refractivity contribution in [3.8, 4) is 28.6 Å². The lowest BCUT2D eigenvalue weighted by molar-refractivity contribution is -0.121. The van der Waals surface area contributed by atoms with Crippen molar-refractivity contribution in [2.24, 2.45) is 0 Å². The van der Waals surface area contributed by atoms with Crippen molar-refractivity contribution in [1.29, 1.82) is 0 Å². The Morgan fingerprint density at radius 2 is 1.74 bits per heavy atom. The van der Waals surface area contributed by atoms with Crippen LogP contribution in [0.2, 0.25) is 0 Å². The van der Waals surface area contributed by atoms with Crippen molar-refractivity contribution in [3.63, 3.8) is 0 Å². The van der Waals surface area contributed by atoms with Crippen LogP contribution >= 0.6 is 0 Å². The third kappa shape index (κ3) is 5.75. The zero-order valence-electron chi connectivity index (χ0n) is 18.2. The Morgan fingerprint density at radius 1 is 1.03 bits per heavy atom. The summed E-state index contributed by atoms with van der Waals surface area (Å²) in [5.41, 5.74) is 1.73. The Labute approximate surface area is 181 Å². The van der Waals surface area contributed by atoms with E-state index in [9.17, 15) is 4.79 Å². The molecule has 1 atom stereocenters. The number of methoxy groups -OCH3 is 3. The van der Waals surface area contributed by atoms with Crippen LogP contribution in [0.15, 0.2) is 47.0 Å². The fourth-order valence-electron chi connectivity index (χ4n) is 3.18. The molecule has 2 aromatic carbocycles. The van der Waals surface area contributed by atoms with Gasteiger partial charge in [-0.2, -0.15) is 4.98 Å². The van der Waals surface area contributed by atoms with E-state index in [2.05, 4.69) is 15.5 Å². The molecule has 0 bridgehead atoms. The predicted octanol–water partition coefficient (Wildman–Crippen LogP) is 3.96. The predicted molar refractivity (Wildman–Crippen MR) is 115 cm³/mol. The molecule has 0 saturated heterocycles. The quantitative estimate of drug-likeness (QED) is 0.525. The largest absolute Gasteiger partial charge is 0.497 e. The number of nitrogens with zero attached hydrogens (tertiary/aromatic N) is 2. The Balaban J connectivity index is 1.50. The fraction of sp³-hybridized carbons (Fsp3) is 0.348. The summed E-state index contributed by atoms with van der Waals surface area (Å²) in [6.07, 6.45) is 1.47. The molecular weight excluding hydrogens is 398 g/mol. The number of aromatic nitrogens is 2. The minimum atomic E-state index is -0.196. The average molecular weight is 425 g/mol. The maximum absolute atomic E-state index is 12.4. The summed E-state index contributed by atoms with van der Waals surface area (Å²) in [5.74, 6) is 3.10. The lowest BCUT2D eigenvalue weighted by atomic mass is 10.1. The van der Waals surface area contributed by atoms with Crippen LogP contribution in [0.3, 0.4) is 0 Å². The fourth-order valence-corrected chi connectivity index (χ4v) is 3.18. The van der Waals surface area contributed by atoms with Gasteiger partial charge in [-0.1, -0.05) is 5.16 Å². The van der Waals surface area contributed by atoms with Crippen molar-refractivity contribution < 1.29 is 23.5 Å². The normalized spacial score (nSPS) is 11.6. The standard InChI is InChI=1S/C23H27N3O5/c1-15(19-13-12-18(29-3)14-20(19)30-4)24-21(27)6-5-7-22-25-23(26-31-22)16-8-10-17(28-2)11-9-16/h8-15H,5-7H2,1-4H3,(H,24,27). The molecule has 0 aliphatic heterocycles. The molecule has 164 valence electrons. The van der Waals surface area contributed by atoms with Crippen LogP contribution in [0.4, 0.5) is 0 Å². The third-order valence-corrected chi connectivity index (χ3v) is 4.90. The molecule has 3 aromatic rings. The molecule has 0 aliphatic carbocycles. The molecule has 0 radical (unpaired) electrons. The molecular formula is C23H27N3O5. The SMILES string of the molecule is COc1ccc(-c2noc(CCCC(=O)NC(C)c3ccc(OC)cc3OC)n2)cc1. The number of nitrogens with one attached hydrogen (secondary N) is 1. The molecule has 31 heavy (non-hydrogen) atoms. The smallest absolute Gasteiger partial charge is 0.226 e. The van der Waals surface area contributed by atoms with E-state index in [0.29, 0.717) is 42.5 Å². The minimum Gasteiger partial charge on any atom is -0.497 e. The molecule has 1 amide bonds. The van der Waals surface area contributed by atoms with Gasteiger partial charge in [-0.05, 0) is 49.7 Å². The molecule has 8 heteroatoms. The van der Waals surface area contributed by atoms with Gasteiger partial charge in [0.15, 0.2) is 0 Å². The zero-order valence-corrected chi connectivity index (χ0v) is 18.2. The highest BCUT2D eigenvalue weighted by Crippen LogP contribution is 2.29. The Bertz CT molecular complexity index is 1000. The maximum atomic E-state index is 12.4. The van der Waals surface area contributed by atoms with E-state index in [-0.39, 0.29) is 11.9 Å². The summed E-state index contributed by atoms with van der Waals surface area (Å²) < 4.78 is 21.1. The molecule has 0 fully saturated rings. The van der Waals surface area contributed by atoms with E-state index in [1.807, 2.05) is 43.3 Å². The van der Waals surface area contributed by atoms with E-state index < -0.39 is 0 Å². The first-order valence-electron chi connectivity index (χ1n) is 10.0. The van der Waals surface area contributed by atoms with Crippen LogP contribution in [0, 0.1) is 0 Å². The lowest BCUT2D eigenvalue weighted by Crippen LogP contribution is -2.26. The lowest BCUT2D eigenvalue weighted by Gasteiger charge is -2.18. The second-order valence-electron chi connectivity index (χ2n) is 6.99. The number of carbonyl (C=O) groups is 1. The van der Waals surface area contributed by atoms with Crippen LogP contribution < -0.4 is 19.5 Å². The van der Waals surface area contributed by atoms with Crippen LogP contribution in [0.1, 0.15) is 37.3 Å². The minimum absolute atomic E-state index is 0.0553. The Kier molecular flexibility index (Phi) is 7.48. The average Bonchev–Trinajstić information content (AvgIpc) is 3.27. The maximum Gasteiger partial charge on any atom is 0.226 e. The van der Waals surface area contributed by atoms with Gasteiger partial charge in [-0.3, -0.25) is 4.79 Å². The van der Waals surface area contributed by atoms with E-state index in [0.717, 1.165) is 16.9 Å². The molecule has 3 rings (SSSR count). The van der Waals surface area contributed by atoms with E-state index in [1.165, 1.54) is 0 Å². The Morgan fingerprint density at radius 3 is 2.42 bits per heavy atom. The van der Waals surface area contributed by atoms with Crippen molar-refractivity contribution in [3.05, 3.63) is 53.9 Å². The second kappa shape index (κ2) is 10.5. The topological polar surface area (TPSA) is 95.7 Å². The summed E-state index contributed by atoms with van der Waals surface area (Å²) in [6, 6.07) is 12.8. The summed E-state index contributed by atoms with van der Waals surface area (Å²) in [6.45, 7) is 1.92. The summed E-state index contributed by atoms with van der Waals surface area (Å²) in [7, 11) is 4.81. The van der Waals surface area contributed by atoms with Crippen molar-refractivity contribution in [2.75, 3.05) is 21.3 Å². The van der Waals surface area contributed by atoms with Gasteiger partial charge in [0.2, 0.25) is 17.6 Å². The first-order chi connectivity index (χ1) is 15.0. The summed E-state index contributed by atoms with van der Waals surface area (Å²) >= 11 is 0. The van der Waals surface area contributed by atoms with Crippen molar-refractivity contribution in [2.45, 2.75) is 32.2 Å². The van der Waals surface area contributed by atoms with E-state index >= 15 is 0 Å². The van der Waals surface area contributed by atoms with Gasteiger partial charge in [0, 0.05) is 30.0 Å². The van der Waals surface area contributed by atoms with Gasteiger partial charge < -0.3 is 24.1 Å².